The number of unbranched alkanes of at least 4 members (excludes halogenated alkanes) is 5. The lowest BCUT2D eigenvalue weighted by Gasteiger charge is -2.10. The summed E-state index contributed by atoms with van der Waals surface area (Å²) in [5.74, 6) is 0. The largest absolute Gasteiger partial charge is 0.399 e. The lowest BCUT2D eigenvalue weighted by Crippen LogP contribution is -1.96. The Labute approximate surface area is 183 Å². The van der Waals surface area contributed by atoms with Crippen molar-refractivity contribution in [3.8, 4) is 0 Å². The Bertz CT molecular complexity index is 891. The zero-order chi connectivity index (χ0) is 21.2. The maximum absolute atomic E-state index is 5.78. The second-order valence-corrected chi connectivity index (χ2v) is 8.69. The van der Waals surface area contributed by atoms with Gasteiger partial charge in [0.1, 0.15) is 0 Å². The molecule has 1 nitrogen and oxygen atoms in total. The lowest BCUT2D eigenvalue weighted by atomic mass is 9.95. The summed E-state index contributed by atoms with van der Waals surface area (Å²) >= 11 is 0. The van der Waals surface area contributed by atoms with Crippen LogP contribution in [0.3, 0.4) is 0 Å². The maximum atomic E-state index is 5.78. The number of aryl methyl sites for hydroxylation is 2. The Morgan fingerprint density at radius 2 is 1.10 bits per heavy atom. The van der Waals surface area contributed by atoms with E-state index in [0.717, 1.165) is 18.5 Å². The number of rotatable bonds is 11. The summed E-state index contributed by atoms with van der Waals surface area (Å²) in [5.41, 5.74) is 15.0. The van der Waals surface area contributed by atoms with Gasteiger partial charge in [-0.25, -0.2) is 0 Å². The summed E-state index contributed by atoms with van der Waals surface area (Å²) in [5, 5.41) is 0. The van der Waals surface area contributed by atoms with E-state index < -0.39 is 0 Å². The van der Waals surface area contributed by atoms with Crippen LogP contribution in [0.5, 0.6) is 0 Å². The molecule has 0 atom stereocenters. The predicted molar refractivity (Wildman–Crippen MR) is 131 cm³/mol. The first-order chi connectivity index (χ1) is 14.6. The molecule has 3 rings (SSSR count). The molecule has 0 fully saturated rings. The average molecular weight is 400 g/mol. The van der Waals surface area contributed by atoms with Gasteiger partial charge in [0, 0.05) is 5.69 Å². The van der Waals surface area contributed by atoms with Crippen LogP contribution in [0.25, 0.3) is 0 Å². The van der Waals surface area contributed by atoms with Crippen molar-refractivity contribution in [2.45, 2.75) is 71.6 Å². The molecule has 0 heterocycles. The normalized spacial score (nSPS) is 11.0. The molecule has 0 bridgehead atoms. The molecule has 0 aliphatic heterocycles. The van der Waals surface area contributed by atoms with Crippen molar-refractivity contribution in [3.05, 3.63) is 100 Å². The van der Waals surface area contributed by atoms with Crippen molar-refractivity contribution in [2.75, 3.05) is 5.73 Å². The smallest absolute Gasteiger partial charge is 0.0314 e. The van der Waals surface area contributed by atoms with Crippen LogP contribution in [0.1, 0.15) is 78.8 Å². The summed E-state index contributed by atoms with van der Waals surface area (Å²) < 4.78 is 0. The SMILES string of the molecule is CCCCCCCCc1cc(Cc2ccc(Cc3ccc(N)cc3)cc2)ccc1C. The number of hydrogen-bond donors (Lipinski definition) is 1. The summed E-state index contributed by atoms with van der Waals surface area (Å²) in [6.45, 7) is 4.53. The Balaban J connectivity index is 1.54. The second kappa shape index (κ2) is 11.6. The first-order valence-corrected chi connectivity index (χ1v) is 11.6. The minimum absolute atomic E-state index is 0.822. The van der Waals surface area contributed by atoms with Crippen molar-refractivity contribution in [2.24, 2.45) is 0 Å². The lowest BCUT2D eigenvalue weighted by molar-refractivity contribution is 0.607. The van der Waals surface area contributed by atoms with Gasteiger partial charge in [-0.15, -0.1) is 0 Å². The number of anilines is 1. The number of nitrogens with two attached hydrogens (primary N) is 1. The van der Waals surface area contributed by atoms with Gasteiger partial charge < -0.3 is 5.73 Å². The fourth-order valence-electron chi connectivity index (χ4n) is 4.08. The van der Waals surface area contributed by atoms with E-state index in [1.807, 2.05) is 12.1 Å². The van der Waals surface area contributed by atoms with Gasteiger partial charge in [0.25, 0.3) is 0 Å². The highest BCUT2D eigenvalue weighted by Gasteiger charge is 2.04. The third-order valence-electron chi connectivity index (χ3n) is 6.03. The van der Waals surface area contributed by atoms with Gasteiger partial charge in [-0.3, -0.25) is 0 Å². The third-order valence-corrected chi connectivity index (χ3v) is 6.03. The molecule has 0 amide bonds. The van der Waals surface area contributed by atoms with E-state index in [1.54, 1.807) is 0 Å². The molecule has 0 saturated heterocycles. The van der Waals surface area contributed by atoms with E-state index in [0.29, 0.717) is 0 Å². The number of hydrogen-bond acceptors (Lipinski definition) is 1. The van der Waals surface area contributed by atoms with Gasteiger partial charge in [-0.1, -0.05) is 93.6 Å². The van der Waals surface area contributed by atoms with Gasteiger partial charge in [0.15, 0.2) is 0 Å². The molecule has 0 radical (unpaired) electrons. The zero-order valence-electron chi connectivity index (χ0n) is 18.8. The van der Waals surface area contributed by atoms with E-state index in [4.69, 9.17) is 5.73 Å². The molecule has 0 saturated carbocycles. The van der Waals surface area contributed by atoms with Crippen LogP contribution in [0, 0.1) is 6.92 Å². The van der Waals surface area contributed by atoms with Crippen molar-refractivity contribution >= 4 is 5.69 Å². The number of benzene rings is 3. The summed E-state index contributed by atoms with van der Waals surface area (Å²) in [4.78, 5) is 0. The van der Waals surface area contributed by atoms with Gasteiger partial charge in [0.05, 0.1) is 0 Å². The van der Waals surface area contributed by atoms with Gasteiger partial charge >= 0.3 is 0 Å². The fourth-order valence-corrected chi connectivity index (χ4v) is 4.08. The standard InChI is InChI=1S/C29H37N/c1-3-4-5-6-7-8-9-28-22-27(11-10-23(28)2)21-25-14-12-24(13-15-25)20-26-16-18-29(30)19-17-26/h10-19,22H,3-9,20-21,30H2,1-2H3. The molecule has 0 spiro atoms. The Morgan fingerprint density at radius 1 is 0.600 bits per heavy atom. The second-order valence-electron chi connectivity index (χ2n) is 8.69. The first kappa shape index (κ1) is 22.2. The molecule has 0 aliphatic carbocycles. The highest BCUT2D eigenvalue weighted by Crippen LogP contribution is 2.19. The Kier molecular flexibility index (Phi) is 8.56. The molecule has 158 valence electrons. The quantitative estimate of drug-likeness (QED) is 0.260. The van der Waals surface area contributed by atoms with Gasteiger partial charge in [-0.05, 0) is 78.1 Å². The maximum Gasteiger partial charge on any atom is 0.0314 e. The van der Waals surface area contributed by atoms with Crippen LogP contribution in [0.4, 0.5) is 5.69 Å². The van der Waals surface area contributed by atoms with Crippen LogP contribution >= 0.6 is 0 Å². The van der Waals surface area contributed by atoms with Crippen LogP contribution in [-0.4, -0.2) is 0 Å². The monoisotopic (exact) mass is 399 g/mol. The Morgan fingerprint density at radius 3 is 1.73 bits per heavy atom. The van der Waals surface area contributed by atoms with Gasteiger partial charge in [0.2, 0.25) is 0 Å². The van der Waals surface area contributed by atoms with Crippen molar-refractivity contribution in [1.29, 1.82) is 0 Å². The minimum atomic E-state index is 0.822. The van der Waals surface area contributed by atoms with E-state index in [-0.39, 0.29) is 0 Å². The summed E-state index contributed by atoms with van der Waals surface area (Å²) in [6.07, 6.45) is 11.3. The van der Waals surface area contributed by atoms with Crippen LogP contribution in [0.15, 0.2) is 66.7 Å². The molecule has 0 aliphatic rings. The molecule has 1 heteroatoms. The molecule has 30 heavy (non-hydrogen) atoms. The number of nitrogen functional groups attached to an aromatic ring is 1. The summed E-state index contributed by atoms with van der Waals surface area (Å²) in [7, 11) is 0. The molecule has 2 N–H and O–H groups in total. The van der Waals surface area contributed by atoms with Crippen molar-refractivity contribution in [1.82, 2.24) is 0 Å². The molecule has 0 unspecified atom stereocenters. The molecular formula is C29H37N. The van der Waals surface area contributed by atoms with Gasteiger partial charge in [-0.2, -0.15) is 0 Å². The average Bonchev–Trinajstić information content (AvgIpc) is 2.76. The van der Waals surface area contributed by atoms with E-state index >= 15 is 0 Å². The predicted octanol–water partition coefficient (Wildman–Crippen LogP) is 7.66. The van der Waals surface area contributed by atoms with E-state index in [9.17, 15) is 0 Å². The first-order valence-electron chi connectivity index (χ1n) is 11.6. The van der Waals surface area contributed by atoms with E-state index in [2.05, 4.69) is 68.4 Å². The summed E-state index contributed by atoms with van der Waals surface area (Å²) in [6, 6.07) is 24.3. The van der Waals surface area contributed by atoms with E-state index in [1.165, 1.54) is 78.3 Å². The molecular weight excluding hydrogens is 362 g/mol. The highest BCUT2D eigenvalue weighted by atomic mass is 14.5. The van der Waals surface area contributed by atoms with Crippen LogP contribution in [-0.2, 0) is 19.3 Å². The topological polar surface area (TPSA) is 26.0 Å². The van der Waals surface area contributed by atoms with Crippen molar-refractivity contribution < 1.29 is 0 Å². The fraction of sp³-hybridized carbons (Fsp3) is 0.379. The minimum Gasteiger partial charge on any atom is -0.399 e. The van der Waals surface area contributed by atoms with Crippen molar-refractivity contribution in [3.63, 3.8) is 0 Å². The molecule has 0 aromatic heterocycles. The highest BCUT2D eigenvalue weighted by molar-refractivity contribution is 5.41. The van der Waals surface area contributed by atoms with Crippen LogP contribution in [0.2, 0.25) is 0 Å². The Hall–Kier alpha value is -2.54. The molecule has 3 aromatic carbocycles. The third kappa shape index (κ3) is 7.06. The molecule has 3 aromatic rings. The zero-order valence-corrected chi connectivity index (χ0v) is 18.8. The van der Waals surface area contributed by atoms with Crippen LogP contribution < -0.4 is 5.73 Å².